The Bertz CT molecular complexity index is 411. The first-order valence-electron chi connectivity index (χ1n) is 8.34. The van der Waals surface area contributed by atoms with Crippen molar-refractivity contribution in [2.45, 2.75) is 52.4 Å². The highest BCUT2D eigenvalue weighted by atomic mass is 16.5. The van der Waals surface area contributed by atoms with Crippen molar-refractivity contribution in [1.29, 1.82) is 0 Å². The number of morpholine rings is 1. The topological polar surface area (TPSA) is 24.5 Å². The van der Waals surface area contributed by atoms with Crippen LogP contribution in [0.25, 0.3) is 0 Å². The minimum Gasteiger partial charge on any atom is -0.373 e. The van der Waals surface area contributed by atoms with Crippen LogP contribution in [0.1, 0.15) is 38.3 Å². The van der Waals surface area contributed by atoms with E-state index >= 15 is 0 Å². The molecular weight excluding hydrogens is 260 g/mol. The Labute approximate surface area is 129 Å². The molecule has 2 atom stereocenters. The summed E-state index contributed by atoms with van der Waals surface area (Å²) in [6, 6.07) is 8.87. The number of hydrogen-bond donors (Lipinski definition) is 1. The molecule has 0 aliphatic carbocycles. The van der Waals surface area contributed by atoms with Gasteiger partial charge in [-0.25, -0.2) is 0 Å². The molecule has 0 saturated carbocycles. The normalized spacial score (nSPS) is 23.4. The van der Waals surface area contributed by atoms with Gasteiger partial charge in [0.15, 0.2) is 0 Å². The number of ether oxygens (including phenoxy) is 1. The van der Waals surface area contributed by atoms with Crippen LogP contribution in [0.3, 0.4) is 0 Å². The molecule has 3 nitrogen and oxygen atoms in total. The van der Waals surface area contributed by atoms with Crippen LogP contribution < -0.4 is 5.32 Å². The molecule has 1 N–H and O–H groups in total. The van der Waals surface area contributed by atoms with Gasteiger partial charge >= 0.3 is 0 Å². The molecule has 0 amide bonds. The highest BCUT2D eigenvalue weighted by Crippen LogP contribution is 2.17. The maximum atomic E-state index is 5.82. The highest BCUT2D eigenvalue weighted by molar-refractivity contribution is 5.27. The molecule has 1 heterocycles. The zero-order valence-corrected chi connectivity index (χ0v) is 13.8. The first-order chi connectivity index (χ1) is 10.2. The van der Waals surface area contributed by atoms with Crippen molar-refractivity contribution < 1.29 is 4.74 Å². The number of hydrogen-bond acceptors (Lipinski definition) is 3. The minimum atomic E-state index is 0.340. The summed E-state index contributed by atoms with van der Waals surface area (Å²) < 4.78 is 5.82. The SMILES string of the molecule is CCCNCCc1ccccc1CN1C[C@@H](C)O[C@@H](C)C1. The quantitative estimate of drug-likeness (QED) is 0.782. The number of rotatable bonds is 7. The van der Waals surface area contributed by atoms with Crippen LogP contribution in [0.5, 0.6) is 0 Å². The van der Waals surface area contributed by atoms with Gasteiger partial charge in [0.05, 0.1) is 12.2 Å². The Morgan fingerprint density at radius 3 is 2.43 bits per heavy atom. The molecule has 1 aromatic rings. The van der Waals surface area contributed by atoms with Gasteiger partial charge in [-0.2, -0.15) is 0 Å². The van der Waals surface area contributed by atoms with Gasteiger partial charge in [0.2, 0.25) is 0 Å². The molecule has 0 spiro atoms. The van der Waals surface area contributed by atoms with E-state index in [2.05, 4.69) is 55.3 Å². The van der Waals surface area contributed by atoms with E-state index in [1.54, 1.807) is 0 Å². The van der Waals surface area contributed by atoms with E-state index in [4.69, 9.17) is 4.74 Å². The molecule has 0 bridgehead atoms. The lowest BCUT2D eigenvalue weighted by Gasteiger charge is -2.35. The van der Waals surface area contributed by atoms with E-state index in [0.29, 0.717) is 12.2 Å². The molecule has 21 heavy (non-hydrogen) atoms. The molecule has 1 aromatic carbocycles. The molecule has 0 radical (unpaired) electrons. The van der Waals surface area contributed by atoms with Crippen LogP contribution in [-0.2, 0) is 17.7 Å². The van der Waals surface area contributed by atoms with Gasteiger partial charge in [0, 0.05) is 19.6 Å². The van der Waals surface area contributed by atoms with E-state index in [-0.39, 0.29) is 0 Å². The van der Waals surface area contributed by atoms with E-state index in [1.165, 1.54) is 17.5 Å². The summed E-state index contributed by atoms with van der Waals surface area (Å²) in [6.07, 6.45) is 3.00. The summed E-state index contributed by atoms with van der Waals surface area (Å²) in [6.45, 7) is 11.8. The van der Waals surface area contributed by atoms with Crippen LogP contribution in [0.2, 0.25) is 0 Å². The Kier molecular flexibility index (Phi) is 6.68. The monoisotopic (exact) mass is 290 g/mol. The van der Waals surface area contributed by atoms with Gasteiger partial charge in [0.1, 0.15) is 0 Å². The molecule has 1 aliphatic heterocycles. The van der Waals surface area contributed by atoms with Gasteiger partial charge in [-0.3, -0.25) is 4.90 Å². The first-order valence-corrected chi connectivity index (χ1v) is 8.34. The van der Waals surface area contributed by atoms with Crippen LogP contribution in [0, 0.1) is 0 Å². The number of nitrogens with zero attached hydrogens (tertiary/aromatic N) is 1. The van der Waals surface area contributed by atoms with Crippen molar-refractivity contribution in [3.05, 3.63) is 35.4 Å². The summed E-state index contributed by atoms with van der Waals surface area (Å²) in [7, 11) is 0. The van der Waals surface area contributed by atoms with Crippen molar-refractivity contribution in [3.63, 3.8) is 0 Å². The lowest BCUT2D eigenvalue weighted by atomic mass is 10.0. The highest BCUT2D eigenvalue weighted by Gasteiger charge is 2.22. The molecule has 2 rings (SSSR count). The van der Waals surface area contributed by atoms with E-state index in [0.717, 1.165) is 39.1 Å². The fourth-order valence-electron chi connectivity index (χ4n) is 3.13. The molecular formula is C18H30N2O. The Balaban J connectivity index is 1.92. The summed E-state index contributed by atoms with van der Waals surface area (Å²) in [5.41, 5.74) is 2.95. The number of benzene rings is 1. The van der Waals surface area contributed by atoms with Crippen LogP contribution >= 0.6 is 0 Å². The second kappa shape index (κ2) is 8.52. The molecule has 0 aromatic heterocycles. The van der Waals surface area contributed by atoms with Crippen molar-refractivity contribution in [1.82, 2.24) is 10.2 Å². The molecule has 0 unspecified atom stereocenters. The Morgan fingerprint density at radius 1 is 1.10 bits per heavy atom. The van der Waals surface area contributed by atoms with Gasteiger partial charge in [-0.15, -0.1) is 0 Å². The van der Waals surface area contributed by atoms with Crippen LogP contribution in [0.15, 0.2) is 24.3 Å². The zero-order chi connectivity index (χ0) is 15.1. The summed E-state index contributed by atoms with van der Waals surface area (Å²) in [5.74, 6) is 0. The van der Waals surface area contributed by atoms with Crippen molar-refractivity contribution >= 4 is 0 Å². The minimum absolute atomic E-state index is 0.340. The smallest absolute Gasteiger partial charge is 0.0678 e. The van der Waals surface area contributed by atoms with Gasteiger partial charge in [0.25, 0.3) is 0 Å². The van der Waals surface area contributed by atoms with Gasteiger partial charge < -0.3 is 10.1 Å². The van der Waals surface area contributed by atoms with E-state index in [9.17, 15) is 0 Å². The van der Waals surface area contributed by atoms with Gasteiger partial charge in [-0.05, 0) is 50.9 Å². The first kappa shape index (κ1) is 16.5. The fourth-order valence-corrected chi connectivity index (χ4v) is 3.13. The third kappa shape index (κ3) is 5.42. The second-order valence-corrected chi connectivity index (χ2v) is 6.22. The third-order valence-electron chi connectivity index (χ3n) is 4.01. The summed E-state index contributed by atoms with van der Waals surface area (Å²) >= 11 is 0. The molecule has 3 heteroatoms. The fraction of sp³-hybridized carbons (Fsp3) is 0.667. The summed E-state index contributed by atoms with van der Waals surface area (Å²) in [5, 5.41) is 3.49. The molecule has 118 valence electrons. The van der Waals surface area contributed by atoms with Crippen molar-refractivity contribution in [2.75, 3.05) is 26.2 Å². The standard InChI is InChI=1S/C18H30N2O/c1-4-10-19-11-9-17-7-5-6-8-18(17)14-20-12-15(2)21-16(3)13-20/h5-8,15-16,19H,4,9-14H2,1-3H3/t15-,16+. The average molecular weight is 290 g/mol. The van der Waals surface area contributed by atoms with E-state index in [1.807, 2.05) is 0 Å². The lowest BCUT2D eigenvalue weighted by Crippen LogP contribution is -2.44. The van der Waals surface area contributed by atoms with Crippen LogP contribution in [-0.4, -0.2) is 43.3 Å². The second-order valence-electron chi connectivity index (χ2n) is 6.22. The van der Waals surface area contributed by atoms with Crippen molar-refractivity contribution in [3.8, 4) is 0 Å². The molecule has 1 aliphatic rings. The third-order valence-corrected chi connectivity index (χ3v) is 4.01. The Morgan fingerprint density at radius 2 is 1.76 bits per heavy atom. The number of nitrogens with one attached hydrogen (secondary N) is 1. The van der Waals surface area contributed by atoms with E-state index < -0.39 is 0 Å². The lowest BCUT2D eigenvalue weighted by molar-refractivity contribution is -0.0705. The maximum Gasteiger partial charge on any atom is 0.0678 e. The van der Waals surface area contributed by atoms with Crippen LogP contribution in [0.4, 0.5) is 0 Å². The van der Waals surface area contributed by atoms with Crippen molar-refractivity contribution in [2.24, 2.45) is 0 Å². The maximum absolute atomic E-state index is 5.82. The molecule has 1 saturated heterocycles. The Hall–Kier alpha value is -0.900. The zero-order valence-electron chi connectivity index (χ0n) is 13.8. The predicted octanol–water partition coefficient (Wildman–Crippen LogP) is 2.84. The largest absolute Gasteiger partial charge is 0.373 e. The average Bonchev–Trinajstić information content (AvgIpc) is 2.44. The molecule has 1 fully saturated rings. The summed E-state index contributed by atoms with van der Waals surface area (Å²) in [4.78, 5) is 2.52. The predicted molar refractivity (Wildman–Crippen MR) is 88.6 cm³/mol. The van der Waals surface area contributed by atoms with Gasteiger partial charge in [-0.1, -0.05) is 31.2 Å².